The van der Waals surface area contributed by atoms with Crippen LogP contribution in [0.3, 0.4) is 0 Å². The summed E-state index contributed by atoms with van der Waals surface area (Å²) in [5.41, 5.74) is 0. The van der Waals surface area contributed by atoms with E-state index in [1.165, 1.54) is 9.21 Å². The number of carbonyl (C=O) groups is 1. The highest BCUT2D eigenvalue weighted by atomic mass is 32.2. The van der Waals surface area contributed by atoms with Crippen molar-refractivity contribution in [3.8, 4) is 0 Å². The van der Waals surface area contributed by atoms with Gasteiger partial charge in [-0.1, -0.05) is 0 Å². The molecule has 0 spiro atoms. The molecule has 2 amide bonds. The molecular weight excluding hydrogens is 216 g/mol. The summed E-state index contributed by atoms with van der Waals surface area (Å²) in [5, 5.41) is 0. The summed E-state index contributed by atoms with van der Waals surface area (Å²) in [5.74, 6) is 0.412. The highest BCUT2D eigenvalue weighted by molar-refractivity contribution is 7.82. The molecule has 1 aliphatic rings. The molecule has 0 radical (unpaired) electrons. The summed E-state index contributed by atoms with van der Waals surface area (Å²) in [6.07, 6.45) is 0. The van der Waals surface area contributed by atoms with Gasteiger partial charge in [0.15, 0.2) is 0 Å². The molecule has 0 bridgehead atoms. The predicted octanol–water partition coefficient (Wildman–Crippen LogP) is 0.259. The number of carbonyl (C=O) groups excluding carboxylic acids is 1. The normalized spacial score (nSPS) is 22.1. The van der Waals surface area contributed by atoms with Crippen LogP contribution in [0.5, 0.6) is 0 Å². The monoisotopic (exact) mass is 232 g/mol. The molecule has 0 aromatic heterocycles. The zero-order valence-corrected chi connectivity index (χ0v) is 10.4. The molecule has 1 atom stereocenters. The Morgan fingerprint density at radius 3 is 2.33 bits per heavy atom. The molecule has 86 valence electrons. The number of hydrogen-bond donors (Lipinski definition) is 0. The highest BCUT2D eigenvalue weighted by Gasteiger charge is 2.34. The molecule has 0 N–H and O–H groups in total. The Bertz CT molecular complexity index is 327. The van der Waals surface area contributed by atoms with Crippen molar-refractivity contribution in [3.05, 3.63) is 0 Å². The van der Waals surface area contributed by atoms with Gasteiger partial charge in [-0.15, -0.1) is 4.40 Å². The number of rotatable bonds is 1. The van der Waals surface area contributed by atoms with E-state index < -0.39 is 11.2 Å². The topological polar surface area (TPSA) is 56.2 Å². The average molecular weight is 232 g/mol. The van der Waals surface area contributed by atoms with Gasteiger partial charge in [0.1, 0.15) is 0 Å². The van der Waals surface area contributed by atoms with Crippen molar-refractivity contribution in [3.63, 3.8) is 0 Å². The van der Waals surface area contributed by atoms with E-state index in [9.17, 15) is 9.00 Å². The number of guanidine groups is 1. The van der Waals surface area contributed by atoms with Crippen molar-refractivity contribution in [1.29, 1.82) is 0 Å². The van der Waals surface area contributed by atoms with E-state index in [0.717, 1.165) is 0 Å². The van der Waals surface area contributed by atoms with Crippen molar-refractivity contribution < 1.29 is 9.00 Å². The smallest absolute Gasteiger partial charge is 0.340 e. The van der Waals surface area contributed by atoms with Crippen molar-refractivity contribution in [2.75, 3.05) is 21.1 Å². The molecule has 0 aromatic rings. The molecule has 7 heteroatoms. The highest BCUT2D eigenvalue weighted by Crippen LogP contribution is 2.15. The van der Waals surface area contributed by atoms with E-state index in [2.05, 4.69) is 4.40 Å². The lowest BCUT2D eigenvalue weighted by molar-refractivity contribution is 0.197. The first-order valence-corrected chi connectivity index (χ1v) is 5.67. The molecule has 0 aliphatic carbocycles. The van der Waals surface area contributed by atoms with Crippen LogP contribution in [0.25, 0.3) is 0 Å². The van der Waals surface area contributed by atoms with Gasteiger partial charge in [0.25, 0.3) is 11.2 Å². The zero-order valence-electron chi connectivity index (χ0n) is 9.59. The first kappa shape index (κ1) is 12.0. The minimum Gasteiger partial charge on any atom is -0.348 e. The van der Waals surface area contributed by atoms with E-state index in [-0.39, 0.29) is 12.1 Å². The van der Waals surface area contributed by atoms with Crippen molar-refractivity contribution >= 4 is 23.2 Å². The van der Waals surface area contributed by atoms with Gasteiger partial charge in [-0.2, -0.15) is 0 Å². The lowest BCUT2D eigenvalue weighted by atomic mass is 10.4. The van der Waals surface area contributed by atoms with Gasteiger partial charge in [-0.05, 0) is 13.8 Å². The van der Waals surface area contributed by atoms with Gasteiger partial charge in [0.05, 0.1) is 0 Å². The first-order valence-electron chi connectivity index (χ1n) is 4.61. The standard InChI is InChI=1S/C8H16N4O2S/c1-6(2)12-8(13)11(5)7(10(3)4)9-15(12)14/h6H,1-5H3. The second kappa shape index (κ2) is 4.18. The van der Waals surface area contributed by atoms with Crippen LogP contribution in [0.15, 0.2) is 4.40 Å². The Balaban J connectivity index is 3.08. The van der Waals surface area contributed by atoms with Gasteiger partial charge in [0, 0.05) is 27.2 Å². The summed E-state index contributed by atoms with van der Waals surface area (Å²) in [6, 6.07) is -0.421. The third-order valence-corrected chi connectivity index (χ3v) is 3.21. The largest absolute Gasteiger partial charge is 0.348 e. The fourth-order valence-electron chi connectivity index (χ4n) is 1.26. The Morgan fingerprint density at radius 2 is 1.93 bits per heavy atom. The van der Waals surface area contributed by atoms with E-state index in [0.29, 0.717) is 5.96 Å². The van der Waals surface area contributed by atoms with E-state index in [1.54, 1.807) is 39.9 Å². The lowest BCUT2D eigenvalue weighted by Gasteiger charge is -2.34. The molecule has 6 nitrogen and oxygen atoms in total. The van der Waals surface area contributed by atoms with Crippen LogP contribution in [-0.4, -0.2) is 57.5 Å². The number of urea groups is 1. The van der Waals surface area contributed by atoms with Crippen LogP contribution in [0.2, 0.25) is 0 Å². The maximum absolute atomic E-state index is 11.8. The molecule has 0 saturated heterocycles. The molecule has 0 saturated carbocycles. The number of hydrogen-bond acceptors (Lipinski definition) is 3. The fraction of sp³-hybridized carbons (Fsp3) is 0.750. The van der Waals surface area contributed by atoms with Crippen LogP contribution in [0, 0.1) is 0 Å². The van der Waals surface area contributed by atoms with Crippen LogP contribution in [-0.2, 0) is 11.2 Å². The van der Waals surface area contributed by atoms with Crippen LogP contribution < -0.4 is 0 Å². The quantitative estimate of drug-likeness (QED) is 0.651. The van der Waals surface area contributed by atoms with Crippen LogP contribution >= 0.6 is 0 Å². The average Bonchev–Trinajstić information content (AvgIpc) is 2.10. The van der Waals surface area contributed by atoms with E-state index in [4.69, 9.17) is 0 Å². The minimum atomic E-state index is -1.62. The number of nitrogens with zero attached hydrogens (tertiary/aromatic N) is 4. The van der Waals surface area contributed by atoms with Crippen LogP contribution in [0.1, 0.15) is 13.8 Å². The maximum atomic E-state index is 11.8. The third kappa shape index (κ3) is 2.11. The van der Waals surface area contributed by atoms with Gasteiger partial charge >= 0.3 is 6.03 Å². The van der Waals surface area contributed by atoms with Gasteiger partial charge in [-0.3, -0.25) is 4.90 Å². The van der Waals surface area contributed by atoms with Gasteiger partial charge < -0.3 is 4.90 Å². The zero-order chi connectivity index (χ0) is 11.7. The second-order valence-corrected chi connectivity index (χ2v) is 4.81. The van der Waals surface area contributed by atoms with Crippen molar-refractivity contribution in [1.82, 2.24) is 14.1 Å². The first-order chi connectivity index (χ1) is 6.86. The summed E-state index contributed by atoms with van der Waals surface area (Å²) in [6.45, 7) is 3.61. The molecule has 1 heterocycles. The maximum Gasteiger partial charge on any atom is 0.340 e. The Labute approximate surface area is 92.3 Å². The van der Waals surface area contributed by atoms with Crippen LogP contribution in [0.4, 0.5) is 4.79 Å². The van der Waals surface area contributed by atoms with Gasteiger partial charge in [0.2, 0.25) is 5.96 Å². The predicted molar refractivity (Wildman–Crippen MR) is 59.4 cm³/mol. The number of amides is 2. The summed E-state index contributed by atoms with van der Waals surface area (Å²) in [4.78, 5) is 14.9. The third-order valence-electron chi connectivity index (χ3n) is 1.97. The summed E-state index contributed by atoms with van der Waals surface area (Å²) in [7, 11) is 5.13. The summed E-state index contributed by atoms with van der Waals surface area (Å²) >= 11 is -1.62. The lowest BCUT2D eigenvalue weighted by Crippen LogP contribution is -2.54. The molecular formula is C8H16N4O2S. The molecule has 0 fully saturated rings. The SMILES string of the molecule is CC(C)N1C(=O)N(C)C(N(C)C)=NS1=O. The molecule has 1 rings (SSSR count). The minimum absolute atomic E-state index is 0.131. The molecule has 0 aromatic carbocycles. The van der Waals surface area contributed by atoms with Crippen molar-refractivity contribution in [2.24, 2.45) is 4.40 Å². The van der Waals surface area contributed by atoms with E-state index >= 15 is 0 Å². The second-order valence-electron chi connectivity index (χ2n) is 3.78. The fourth-order valence-corrected chi connectivity index (χ4v) is 2.39. The Morgan fingerprint density at radius 1 is 1.40 bits per heavy atom. The van der Waals surface area contributed by atoms with Crippen molar-refractivity contribution in [2.45, 2.75) is 19.9 Å². The molecule has 15 heavy (non-hydrogen) atoms. The van der Waals surface area contributed by atoms with E-state index in [1.807, 2.05) is 0 Å². The molecule has 1 aliphatic heterocycles. The Hall–Kier alpha value is -1.11. The van der Waals surface area contributed by atoms with Gasteiger partial charge in [-0.25, -0.2) is 13.3 Å². The molecule has 1 unspecified atom stereocenters. The summed E-state index contributed by atoms with van der Waals surface area (Å²) < 4.78 is 16.9. The Kier molecular flexibility index (Phi) is 3.33.